The Morgan fingerprint density at radius 3 is 2.61 bits per heavy atom. The van der Waals surface area contributed by atoms with Crippen LogP contribution in [-0.4, -0.2) is 54.5 Å². The molecule has 0 radical (unpaired) electrons. The second kappa shape index (κ2) is 10.0. The summed E-state index contributed by atoms with van der Waals surface area (Å²) >= 11 is 0. The van der Waals surface area contributed by atoms with Crippen molar-refractivity contribution in [2.24, 2.45) is 0 Å². The van der Waals surface area contributed by atoms with Crippen LogP contribution in [0.1, 0.15) is 31.7 Å². The Kier molecular flexibility index (Phi) is 7.11. The smallest absolute Gasteiger partial charge is 0.243 e. The van der Waals surface area contributed by atoms with Crippen LogP contribution in [0.5, 0.6) is 0 Å². The molecule has 1 N–H and O–H groups in total. The van der Waals surface area contributed by atoms with E-state index in [2.05, 4.69) is 12.2 Å². The third-order valence-electron chi connectivity index (χ3n) is 5.97. The molecule has 1 fully saturated rings. The van der Waals surface area contributed by atoms with Crippen LogP contribution in [-0.2, 0) is 38.9 Å². The standard InChI is InChI=1S/C24H30N4O4S/c1-3-18-7-5-6-8-20(18)26-24(29)12-11-23-25-21-17-19(9-10-22(21)28(23)4-2)33(30,31)27-13-15-32-16-14-27/h5-10,17H,3-4,11-16H2,1-2H3,(H,26,29). The lowest BCUT2D eigenvalue weighted by atomic mass is 10.1. The second-order valence-electron chi connectivity index (χ2n) is 8.00. The van der Waals surface area contributed by atoms with Crippen molar-refractivity contribution in [1.82, 2.24) is 13.9 Å². The van der Waals surface area contributed by atoms with E-state index in [1.54, 1.807) is 18.2 Å². The van der Waals surface area contributed by atoms with Gasteiger partial charge in [-0.2, -0.15) is 4.31 Å². The van der Waals surface area contributed by atoms with Crippen molar-refractivity contribution < 1.29 is 17.9 Å². The van der Waals surface area contributed by atoms with Crippen LogP contribution < -0.4 is 5.32 Å². The quantitative estimate of drug-likeness (QED) is 0.546. The number of benzene rings is 2. The number of aryl methyl sites for hydroxylation is 3. The molecule has 2 heterocycles. The molecule has 3 aromatic rings. The maximum absolute atomic E-state index is 13.0. The first-order valence-electron chi connectivity index (χ1n) is 11.4. The summed E-state index contributed by atoms with van der Waals surface area (Å²) in [5, 5.41) is 3.00. The lowest BCUT2D eigenvalue weighted by molar-refractivity contribution is -0.116. The average molecular weight is 471 g/mol. The molecule has 0 bridgehead atoms. The number of carbonyl (C=O) groups is 1. The highest BCUT2D eigenvalue weighted by Crippen LogP contribution is 2.24. The highest BCUT2D eigenvalue weighted by atomic mass is 32.2. The molecule has 8 nitrogen and oxygen atoms in total. The first-order chi connectivity index (χ1) is 15.9. The molecule has 0 atom stereocenters. The molecule has 1 saturated heterocycles. The van der Waals surface area contributed by atoms with Crippen LogP contribution in [0.25, 0.3) is 11.0 Å². The molecular weight excluding hydrogens is 440 g/mol. The van der Waals surface area contributed by atoms with Crippen molar-refractivity contribution in [3.05, 3.63) is 53.9 Å². The Hall–Kier alpha value is -2.75. The number of nitrogens with zero attached hydrogens (tertiary/aromatic N) is 3. The first kappa shape index (κ1) is 23.4. The van der Waals surface area contributed by atoms with E-state index in [1.807, 2.05) is 35.8 Å². The number of para-hydroxylation sites is 1. The fourth-order valence-electron chi connectivity index (χ4n) is 4.19. The van der Waals surface area contributed by atoms with Crippen molar-refractivity contribution in [2.75, 3.05) is 31.6 Å². The number of hydrogen-bond acceptors (Lipinski definition) is 5. The number of imidazole rings is 1. The average Bonchev–Trinajstić information content (AvgIpc) is 3.20. The number of fused-ring (bicyclic) bond motifs is 1. The van der Waals surface area contributed by atoms with Gasteiger partial charge in [0.25, 0.3) is 0 Å². The minimum atomic E-state index is -3.59. The molecule has 1 aromatic heterocycles. The van der Waals surface area contributed by atoms with Crippen molar-refractivity contribution in [3.63, 3.8) is 0 Å². The molecule has 2 aromatic carbocycles. The van der Waals surface area contributed by atoms with E-state index in [0.29, 0.717) is 51.2 Å². The summed E-state index contributed by atoms with van der Waals surface area (Å²) in [5.74, 6) is 0.702. The minimum absolute atomic E-state index is 0.0683. The lowest BCUT2D eigenvalue weighted by Gasteiger charge is -2.26. The molecule has 0 saturated carbocycles. The van der Waals surface area contributed by atoms with Gasteiger partial charge in [0.15, 0.2) is 0 Å². The number of rotatable bonds is 8. The van der Waals surface area contributed by atoms with Crippen molar-refractivity contribution in [3.8, 4) is 0 Å². The third kappa shape index (κ3) is 4.95. The van der Waals surface area contributed by atoms with Crippen LogP contribution in [0.15, 0.2) is 47.4 Å². The third-order valence-corrected chi connectivity index (χ3v) is 7.87. The van der Waals surface area contributed by atoms with Crippen LogP contribution in [0, 0.1) is 0 Å². The highest BCUT2D eigenvalue weighted by Gasteiger charge is 2.27. The fraction of sp³-hybridized carbons (Fsp3) is 0.417. The van der Waals surface area contributed by atoms with E-state index in [-0.39, 0.29) is 10.8 Å². The first-order valence-corrected chi connectivity index (χ1v) is 12.8. The molecule has 4 rings (SSSR count). The van der Waals surface area contributed by atoms with Crippen molar-refractivity contribution >= 4 is 32.7 Å². The zero-order valence-electron chi connectivity index (χ0n) is 19.1. The van der Waals surface area contributed by atoms with Crippen LogP contribution in [0.2, 0.25) is 0 Å². The Morgan fingerprint density at radius 2 is 1.88 bits per heavy atom. The number of amides is 1. The number of morpholine rings is 1. The molecule has 1 aliphatic heterocycles. The summed E-state index contributed by atoms with van der Waals surface area (Å²) in [4.78, 5) is 17.5. The number of ether oxygens (including phenoxy) is 1. The van der Waals surface area contributed by atoms with E-state index in [4.69, 9.17) is 9.72 Å². The summed E-state index contributed by atoms with van der Waals surface area (Å²) in [6.45, 7) is 6.27. The molecular formula is C24H30N4O4S. The summed E-state index contributed by atoms with van der Waals surface area (Å²) in [5.41, 5.74) is 3.43. The number of hydrogen-bond donors (Lipinski definition) is 1. The highest BCUT2D eigenvalue weighted by molar-refractivity contribution is 7.89. The van der Waals surface area contributed by atoms with Crippen molar-refractivity contribution in [1.29, 1.82) is 0 Å². The van der Waals surface area contributed by atoms with Crippen LogP contribution >= 0.6 is 0 Å². The van der Waals surface area contributed by atoms with Gasteiger partial charge in [-0.1, -0.05) is 25.1 Å². The molecule has 176 valence electrons. The summed E-state index contributed by atoms with van der Waals surface area (Å²) < 4.78 is 34.8. The number of sulfonamides is 1. The van der Waals surface area contributed by atoms with E-state index in [9.17, 15) is 13.2 Å². The van der Waals surface area contributed by atoms with Gasteiger partial charge in [-0.3, -0.25) is 4.79 Å². The molecule has 1 aliphatic rings. The molecule has 9 heteroatoms. The maximum atomic E-state index is 13.0. The van der Waals surface area contributed by atoms with E-state index >= 15 is 0 Å². The van der Waals surface area contributed by atoms with Gasteiger partial charge in [0.2, 0.25) is 15.9 Å². The van der Waals surface area contributed by atoms with Gasteiger partial charge in [-0.25, -0.2) is 13.4 Å². The Balaban J connectivity index is 1.52. The Morgan fingerprint density at radius 1 is 1.12 bits per heavy atom. The Labute approximate surface area is 194 Å². The monoisotopic (exact) mass is 470 g/mol. The lowest BCUT2D eigenvalue weighted by Crippen LogP contribution is -2.40. The summed E-state index contributed by atoms with van der Waals surface area (Å²) in [7, 11) is -3.59. The number of carbonyl (C=O) groups excluding carboxylic acids is 1. The summed E-state index contributed by atoms with van der Waals surface area (Å²) in [6, 6.07) is 12.9. The predicted molar refractivity (Wildman–Crippen MR) is 128 cm³/mol. The zero-order valence-corrected chi connectivity index (χ0v) is 19.9. The van der Waals surface area contributed by atoms with Gasteiger partial charge in [0, 0.05) is 38.2 Å². The summed E-state index contributed by atoms with van der Waals surface area (Å²) in [6.07, 6.45) is 1.60. The van der Waals surface area contributed by atoms with E-state index in [0.717, 1.165) is 29.0 Å². The molecule has 0 aliphatic carbocycles. The van der Waals surface area contributed by atoms with E-state index in [1.165, 1.54) is 4.31 Å². The second-order valence-corrected chi connectivity index (χ2v) is 9.94. The topological polar surface area (TPSA) is 93.5 Å². The fourth-order valence-corrected chi connectivity index (χ4v) is 5.62. The van der Waals surface area contributed by atoms with Gasteiger partial charge in [0.05, 0.1) is 29.1 Å². The molecule has 1 amide bonds. The SMILES string of the molecule is CCc1ccccc1NC(=O)CCc1nc2cc(S(=O)(=O)N3CCOCC3)ccc2n1CC. The maximum Gasteiger partial charge on any atom is 0.243 e. The molecule has 0 unspecified atom stereocenters. The van der Waals surface area contributed by atoms with Gasteiger partial charge in [-0.05, 0) is 43.2 Å². The molecule has 0 spiro atoms. The van der Waals surface area contributed by atoms with Crippen molar-refractivity contribution in [2.45, 2.75) is 44.6 Å². The number of nitrogens with one attached hydrogen (secondary N) is 1. The van der Waals surface area contributed by atoms with E-state index < -0.39 is 10.0 Å². The van der Waals surface area contributed by atoms with Gasteiger partial charge in [-0.15, -0.1) is 0 Å². The van der Waals surface area contributed by atoms with Gasteiger partial charge >= 0.3 is 0 Å². The zero-order chi connectivity index (χ0) is 23.4. The van der Waals surface area contributed by atoms with Gasteiger partial charge in [0.1, 0.15) is 5.82 Å². The normalized spacial score (nSPS) is 15.1. The molecule has 33 heavy (non-hydrogen) atoms. The minimum Gasteiger partial charge on any atom is -0.379 e. The number of aromatic nitrogens is 2. The number of anilines is 1. The van der Waals surface area contributed by atoms with Crippen LogP contribution in [0.3, 0.4) is 0 Å². The predicted octanol–water partition coefficient (Wildman–Crippen LogP) is 3.21. The largest absolute Gasteiger partial charge is 0.379 e. The van der Waals surface area contributed by atoms with Crippen LogP contribution in [0.4, 0.5) is 5.69 Å². The Bertz CT molecular complexity index is 1250. The van der Waals surface area contributed by atoms with Gasteiger partial charge < -0.3 is 14.6 Å².